The Bertz CT molecular complexity index is 658. The van der Waals surface area contributed by atoms with Gasteiger partial charge in [-0.2, -0.15) is 4.31 Å². The standard InChI is InChI=1S/C13H15Cl2NO4S/c1-3-5-16(6-4-2)21(19,20)12-7-9(13(17)18)10(14)8-11(12)15/h3,7-8H,1,4-6H2,2H3,(H,17,18). The first kappa shape index (κ1) is 18.0. The number of carboxylic acids is 1. The predicted octanol–water partition coefficient (Wildman–Crippen LogP) is 3.28. The van der Waals surface area contributed by atoms with E-state index in [-0.39, 0.29) is 33.6 Å². The minimum Gasteiger partial charge on any atom is -0.478 e. The summed E-state index contributed by atoms with van der Waals surface area (Å²) >= 11 is 11.7. The van der Waals surface area contributed by atoms with Gasteiger partial charge in [-0.1, -0.05) is 36.2 Å². The summed E-state index contributed by atoms with van der Waals surface area (Å²) in [5.41, 5.74) is -0.310. The average molecular weight is 352 g/mol. The molecular formula is C13H15Cl2NO4S. The van der Waals surface area contributed by atoms with Crippen LogP contribution >= 0.6 is 23.2 Å². The number of carboxylic acid groups (broad SMARTS) is 1. The molecule has 0 atom stereocenters. The quantitative estimate of drug-likeness (QED) is 0.765. The van der Waals surface area contributed by atoms with Crippen LogP contribution in [-0.4, -0.2) is 36.9 Å². The van der Waals surface area contributed by atoms with E-state index in [1.807, 2.05) is 6.92 Å². The Labute approximate surface area is 133 Å². The van der Waals surface area contributed by atoms with E-state index in [0.717, 1.165) is 12.1 Å². The summed E-state index contributed by atoms with van der Waals surface area (Å²) in [6.45, 7) is 5.73. The van der Waals surface area contributed by atoms with Crippen molar-refractivity contribution in [1.29, 1.82) is 0 Å². The molecule has 1 rings (SSSR count). The first-order valence-corrected chi connectivity index (χ1v) is 8.28. The van der Waals surface area contributed by atoms with E-state index in [1.54, 1.807) is 0 Å². The summed E-state index contributed by atoms with van der Waals surface area (Å²) in [5.74, 6) is -1.32. The molecule has 0 unspecified atom stereocenters. The molecule has 0 bridgehead atoms. The minimum atomic E-state index is -3.92. The Balaban J connectivity index is 3.45. The topological polar surface area (TPSA) is 74.7 Å². The van der Waals surface area contributed by atoms with Crippen LogP contribution in [0.3, 0.4) is 0 Å². The fourth-order valence-corrected chi connectivity index (χ4v) is 4.06. The van der Waals surface area contributed by atoms with Crippen molar-refractivity contribution in [2.75, 3.05) is 13.1 Å². The van der Waals surface area contributed by atoms with Gasteiger partial charge < -0.3 is 5.11 Å². The second kappa shape index (κ2) is 7.26. The van der Waals surface area contributed by atoms with Gasteiger partial charge in [-0.15, -0.1) is 6.58 Å². The van der Waals surface area contributed by atoms with Crippen molar-refractivity contribution in [3.63, 3.8) is 0 Å². The molecule has 0 heterocycles. The molecule has 0 aliphatic heterocycles. The van der Waals surface area contributed by atoms with E-state index in [9.17, 15) is 13.2 Å². The number of benzene rings is 1. The van der Waals surface area contributed by atoms with E-state index in [4.69, 9.17) is 28.3 Å². The molecule has 0 aliphatic carbocycles. The highest BCUT2D eigenvalue weighted by atomic mass is 35.5. The number of hydrogen-bond acceptors (Lipinski definition) is 3. The molecule has 1 aromatic carbocycles. The van der Waals surface area contributed by atoms with Gasteiger partial charge >= 0.3 is 5.97 Å². The van der Waals surface area contributed by atoms with Crippen LogP contribution in [0.5, 0.6) is 0 Å². The zero-order chi connectivity index (χ0) is 16.2. The molecule has 0 saturated heterocycles. The van der Waals surface area contributed by atoms with Crippen molar-refractivity contribution in [3.05, 3.63) is 40.4 Å². The normalized spacial score (nSPS) is 11.6. The second-order valence-corrected chi connectivity index (χ2v) is 6.94. The number of rotatable bonds is 7. The van der Waals surface area contributed by atoms with Crippen LogP contribution in [0.1, 0.15) is 23.7 Å². The number of halogens is 2. The van der Waals surface area contributed by atoms with Crippen LogP contribution in [0.15, 0.2) is 29.7 Å². The Morgan fingerprint density at radius 3 is 2.48 bits per heavy atom. The van der Waals surface area contributed by atoms with Crippen molar-refractivity contribution in [2.24, 2.45) is 0 Å². The first-order valence-electron chi connectivity index (χ1n) is 6.09. The summed E-state index contributed by atoms with van der Waals surface area (Å²) in [6, 6.07) is 2.10. The smallest absolute Gasteiger partial charge is 0.337 e. The second-order valence-electron chi connectivity index (χ2n) is 4.22. The molecule has 1 N–H and O–H groups in total. The number of nitrogens with zero attached hydrogens (tertiary/aromatic N) is 1. The van der Waals surface area contributed by atoms with Crippen molar-refractivity contribution >= 4 is 39.2 Å². The van der Waals surface area contributed by atoms with Gasteiger partial charge in [0.2, 0.25) is 10.0 Å². The lowest BCUT2D eigenvalue weighted by molar-refractivity contribution is 0.0697. The van der Waals surface area contributed by atoms with Crippen molar-refractivity contribution in [2.45, 2.75) is 18.2 Å². The maximum absolute atomic E-state index is 12.6. The third-order valence-electron chi connectivity index (χ3n) is 2.68. The SMILES string of the molecule is C=CCN(CCC)S(=O)(=O)c1cc(C(=O)O)c(Cl)cc1Cl. The van der Waals surface area contributed by atoms with Crippen LogP contribution in [0, 0.1) is 0 Å². The summed E-state index contributed by atoms with van der Waals surface area (Å²) < 4.78 is 26.3. The fourth-order valence-electron chi connectivity index (χ4n) is 1.73. The molecule has 0 radical (unpaired) electrons. The third kappa shape index (κ3) is 3.97. The number of carbonyl (C=O) groups is 1. The monoisotopic (exact) mass is 351 g/mol. The molecule has 0 saturated carbocycles. The van der Waals surface area contributed by atoms with E-state index < -0.39 is 16.0 Å². The molecule has 0 aromatic heterocycles. The van der Waals surface area contributed by atoms with Crippen molar-refractivity contribution in [1.82, 2.24) is 4.31 Å². The van der Waals surface area contributed by atoms with Gasteiger partial charge in [0.1, 0.15) is 4.90 Å². The van der Waals surface area contributed by atoms with Gasteiger partial charge in [0.25, 0.3) is 0 Å². The zero-order valence-electron chi connectivity index (χ0n) is 11.3. The lowest BCUT2D eigenvalue weighted by Crippen LogP contribution is -2.32. The zero-order valence-corrected chi connectivity index (χ0v) is 13.7. The average Bonchev–Trinajstić information content (AvgIpc) is 2.37. The maximum atomic E-state index is 12.6. The van der Waals surface area contributed by atoms with Crippen LogP contribution in [0.4, 0.5) is 0 Å². The fraction of sp³-hybridized carbons (Fsp3) is 0.308. The molecule has 8 heteroatoms. The lowest BCUT2D eigenvalue weighted by Gasteiger charge is -2.21. The minimum absolute atomic E-state index is 0.109. The molecule has 0 spiro atoms. The molecule has 0 amide bonds. The van der Waals surface area contributed by atoms with Crippen LogP contribution in [0.2, 0.25) is 10.0 Å². The van der Waals surface area contributed by atoms with Gasteiger partial charge in [-0.25, -0.2) is 13.2 Å². The Kier molecular flexibility index (Phi) is 6.22. The predicted molar refractivity (Wildman–Crippen MR) is 82.7 cm³/mol. The molecule has 21 heavy (non-hydrogen) atoms. The number of hydrogen-bond donors (Lipinski definition) is 1. The van der Waals surface area contributed by atoms with Gasteiger partial charge in [-0.05, 0) is 18.6 Å². The molecular weight excluding hydrogens is 337 g/mol. The highest BCUT2D eigenvalue weighted by Gasteiger charge is 2.27. The Morgan fingerprint density at radius 2 is 2.00 bits per heavy atom. The Morgan fingerprint density at radius 1 is 1.38 bits per heavy atom. The molecule has 0 aliphatic rings. The van der Waals surface area contributed by atoms with Crippen LogP contribution in [-0.2, 0) is 10.0 Å². The summed E-state index contributed by atoms with van der Waals surface area (Å²) in [6.07, 6.45) is 2.05. The molecule has 116 valence electrons. The van der Waals surface area contributed by atoms with Crippen LogP contribution < -0.4 is 0 Å². The lowest BCUT2D eigenvalue weighted by atomic mass is 10.2. The van der Waals surface area contributed by atoms with Gasteiger partial charge in [0, 0.05) is 13.1 Å². The summed E-state index contributed by atoms with van der Waals surface area (Å²) in [7, 11) is -3.92. The van der Waals surface area contributed by atoms with E-state index in [0.29, 0.717) is 6.42 Å². The van der Waals surface area contributed by atoms with E-state index in [1.165, 1.54) is 10.4 Å². The van der Waals surface area contributed by atoms with Gasteiger partial charge in [0.15, 0.2) is 0 Å². The molecule has 0 fully saturated rings. The molecule has 5 nitrogen and oxygen atoms in total. The van der Waals surface area contributed by atoms with E-state index >= 15 is 0 Å². The largest absolute Gasteiger partial charge is 0.478 e. The molecule has 1 aromatic rings. The first-order chi connectivity index (χ1) is 9.75. The van der Waals surface area contributed by atoms with Crippen molar-refractivity contribution < 1.29 is 18.3 Å². The van der Waals surface area contributed by atoms with Gasteiger partial charge in [0.05, 0.1) is 15.6 Å². The highest BCUT2D eigenvalue weighted by Crippen LogP contribution is 2.30. The van der Waals surface area contributed by atoms with Crippen molar-refractivity contribution in [3.8, 4) is 0 Å². The van der Waals surface area contributed by atoms with Gasteiger partial charge in [-0.3, -0.25) is 0 Å². The maximum Gasteiger partial charge on any atom is 0.337 e. The highest BCUT2D eigenvalue weighted by molar-refractivity contribution is 7.89. The Hall–Kier alpha value is -1.08. The summed E-state index contributed by atoms with van der Waals surface area (Å²) in [5, 5.41) is 8.81. The number of aromatic carboxylic acids is 1. The summed E-state index contributed by atoms with van der Waals surface area (Å²) in [4.78, 5) is 10.8. The number of sulfonamides is 1. The van der Waals surface area contributed by atoms with Crippen LogP contribution in [0.25, 0.3) is 0 Å². The van der Waals surface area contributed by atoms with E-state index in [2.05, 4.69) is 6.58 Å². The third-order valence-corrected chi connectivity index (χ3v) is 5.32.